The summed E-state index contributed by atoms with van der Waals surface area (Å²) in [6.45, 7) is 2.14. The van der Waals surface area contributed by atoms with E-state index in [0.29, 0.717) is 5.78 Å². The van der Waals surface area contributed by atoms with Crippen LogP contribution in [0.4, 0.5) is 0 Å². The van der Waals surface area contributed by atoms with Gasteiger partial charge in [0.05, 0.1) is 0 Å². The molecule has 0 amide bonds. The monoisotopic (exact) mass is 180 g/mol. The Kier molecular flexibility index (Phi) is 2.01. The van der Waals surface area contributed by atoms with Crippen LogP contribution in [0.2, 0.25) is 0 Å². The quantitative estimate of drug-likeness (QED) is 0.649. The summed E-state index contributed by atoms with van der Waals surface area (Å²) in [4.78, 5) is 14.1. The Labute approximate surface area is 76.4 Å². The van der Waals surface area contributed by atoms with E-state index in [4.69, 9.17) is 0 Å². The molecule has 1 aromatic heterocycles. The third-order valence-corrected chi connectivity index (χ3v) is 3.66. The van der Waals surface area contributed by atoms with E-state index in [-0.39, 0.29) is 0 Å². The molecule has 2 rings (SSSR count). The predicted molar refractivity (Wildman–Crippen MR) is 51.0 cm³/mol. The molecule has 1 aliphatic carbocycles. The van der Waals surface area contributed by atoms with Gasteiger partial charge < -0.3 is 0 Å². The van der Waals surface area contributed by atoms with Gasteiger partial charge in [0.2, 0.25) is 0 Å². The molecule has 1 aliphatic rings. The summed E-state index contributed by atoms with van der Waals surface area (Å²) in [5.41, 5.74) is 1.02. The molecule has 0 aromatic carbocycles. The van der Waals surface area contributed by atoms with Gasteiger partial charge in [-0.05, 0) is 25.3 Å². The average Bonchev–Trinajstić information content (AvgIpc) is 2.49. The van der Waals surface area contributed by atoms with Crippen LogP contribution in [0.5, 0.6) is 0 Å². The zero-order valence-electron chi connectivity index (χ0n) is 7.22. The van der Waals surface area contributed by atoms with Gasteiger partial charge in [0.25, 0.3) is 0 Å². The summed E-state index contributed by atoms with van der Waals surface area (Å²) in [6, 6.07) is 2.08. The fraction of sp³-hybridized carbons (Fsp3) is 0.500. The molecule has 64 valence electrons. The number of fused-ring (bicyclic) bond motifs is 1. The molecule has 1 heterocycles. The van der Waals surface area contributed by atoms with E-state index in [0.717, 1.165) is 31.2 Å². The first kappa shape index (κ1) is 7.99. The van der Waals surface area contributed by atoms with E-state index in [9.17, 15) is 4.79 Å². The summed E-state index contributed by atoms with van der Waals surface area (Å²) in [5.74, 6) is 0.354. The number of rotatable bonds is 1. The predicted octanol–water partition coefficient (Wildman–Crippen LogP) is 2.83. The molecular formula is C10H12OS. The maximum atomic E-state index is 11.4. The van der Waals surface area contributed by atoms with Crippen LogP contribution in [-0.2, 0) is 12.8 Å². The Morgan fingerprint density at radius 1 is 1.50 bits per heavy atom. The van der Waals surface area contributed by atoms with Crippen molar-refractivity contribution in [2.45, 2.75) is 32.6 Å². The first-order chi connectivity index (χ1) is 5.81. The third kappa shape index (κ3) is 1.20. The fourth-order valence-corrected chi connectivity index (χ4v) is 2.79. The molecule has 0 saturated carbocycles. The molecule has 12 heavy (non-hydrogen) atoms. The molecule has 0 N–H and O–H groups in total. The molecule has 0 bridgehead atoms. The molecule has 0 spiro atoms. The zero-order chi connectivity index (χ0) is 8.55. The molecule has 1 nitrogen and oxygen atoms in total. The van der Waals surface area contributed by atoms with Crippen LogP contribution < -0.4 is 0 Å². The number of thiophene rings is 1. The van der Waals surface area contributed by atoms with E-state index in [1.165, 1.54) is 9.75 Å². The molecule has 0 unspecified atom stereocenters. The third-order valence-electron chi connectivity index (χ3n) is 2.32. The molecule has 0 radical (unpaired) electrons. The van der Waals surface area contributed by atoms with Gasteiger partial charge in [-0.15, -0.1) is 11.3 Å². The van der Waals surface area contributed by atoms with Crippen LogP contribution in [0.1, 0.15) is 39.9 Å². The highest BCUT2D eigenvalue weighted by molar-refractivity contribution is 7.12. The molecule has 2 heteroatoms. The smallest absolute Gasteiger partial charge is 0.164 e. The molecule has 1 aromatic rings. The number of carbonyl (C=O) groups is 1. The van der Waals surface area contributed by atoms with Crippen LogP contribution in [0.25, 0.3) is 0 Å². The lowest BCUT2D eigenvalue weighted by atomic mass is 9.98. The van der Waals surface area contributed by atoms with Crippen molar-refractivity contribution in [1.29, 1.82) is 0 Å². The highest BCUT2D eigenvalue weighted by atomic mass is 32.1. The van der Waals surface area contributed by atoms with Gasteiger partial charge in [0, 0.05) is 21.7 Å². The van der Waals surface area contributed by atoms with Crippen molar-refractivity contribution in [3.05, 3.63) is 21.4 Å². The SMILES string of the molecule is CCc1cc2c(s1)CCCC2=O. The Morgan fingerprint density at radius 2 is 2.33 bits per heavy atom. The van der Waals surface area contributed by atoms with Gasteiger partial charge in [-0.1, -0.05) is 6.92 Å². The number of hydrogen-bond acceptors (Lipinski definition) is 2. The van der Waals surface area contributed by atoms with E-state index in [1.54, 1.807) is 0 Å². The second-order valence-corrected chi connectivity index (χ2v) is 4.40. The van der Waals surface area contributed by atoms with Crippen LogP contribution >= 0.6 is 11.3 Å². The maximum Gasteiger partial charge on any atom is 0.164 e. The summed E-state index contributed by atoms with van der Waals surface area (Å²) in [7, 11) is 0. The highest BCUT2D eigenvalue weighted by Gasteiger charge is 2.19. The Bertz CT molecular complexity index is 312. The first-order valence-electron chi connectivity index (χ1n) is 4.46. The van der Waals surface area contributed by atoms with Gasteiger partial charge in [-0.3, -0.25) is 4.79 Å². The topological polar surface area (TPSA) is 17.1 Å². The number of Topliss-reactive ketones (excluding diaryl/α,β-unsaturated/α-hetero) is 1. The summed E-state index contributed by atoms with van der Waals surface area (Å²) >= 11 is 1.82. The largest absolute Gasteiger partial charge is 0.294 e. The van der Waals surface area contributed by atoms with E-state index in [2.05, 4.69) is 13.0 Å². The van der Waals surface area contributed by atoms with Crippen molar-refractivity contribution in [1.82, 2.24) is 0 Å². The number of carbonyl (C=O) groups excluding carboxylic acids is 1. The zero-order valence-corrected chi connectivity index (χ0v) is 8.04. The van der Waals surface area contributed by atoms with Crippen molar-refractivity contribution in [3.63, 3.8) is 0 Å². The van der Waals surface area contributed by atoms with Crippen molar-refractivity contribution < 1.29 is 4.79 Å². The average molecular weight is 180 g/mol. The second-order valence-electron chi connectivity index (χ2n) is 3.18. The number of hydrogen-bond donors (Lipinski definition) is 0. The Hall–Kier alpha value is -0.630. The molecule has 0 aliphatic heterocycles. The van der Waals surface area contributed by atoms with Crippen LogP contribution in [0.3, 0.4) is 0 Å². The lowest BCUT2D eigenvalue weighted by molar-refractivity contribution is 0.0973. The van der Waals surface area contributed by atoms with Crippen LogP contribution in [0.15, 0.2) is 6.07 Å². The fourth-order valence-electron chi connectivity index (χ4n) is 1.62. The Balaban J connectivity index is 2.43. The lowest BCUT2D eigenvalue weighted by Gasteiger charge is -2.07. The minimum Gasteiger partial charge on any atom is -0.294 e. The van der Waals surface area contributed by atoms with Gasteiger partial charge in [0.15, 0.2) is 5.78 Å². The van der Waals surface area contributed by atoms with Gasteiger partial charge in [-0.2, -0.15) is 0 Å². The molecule has 0 saturated heterocycles. The van der Waals surface area contributed by atoms with Gasteiger partial charge in [-0.25, -0.2) is 0 Å². The van der Waals surface area contributed by atoms with Gasteiger partial charge in [0.1, 0.15) is 0 Å². The summed E-state index contributed by atoms with van der Waals surface area (Å²) in [5, 5.41) is 0. The lowest BCUT2D eigenvalue weighted by Crippen LogP contribution is -2.06. The van der Waals surface area contributed by atoms with Crippen molar-refractivity contribution in [3.8, 4) is 0 Å². The van der Waals surface area contributed by atoms with E-state index >= 15 is 0 Å². The number of ketones is 1. The molecular weight excluding hydrogens is 168 g/mol. The standard InChI is InChI=1S/C10H12OS/c1-2-7-6-8-9(11)4-3-5-10(8)12-7/h6H,2-5H2,1H3. The first-order valence-corrected chi connectivity index (χ1v) is 5.27. The van der Waals surface area contributed by atoms with Crippen LogP contribution in [-0.4, -0.2) is 5.78 Å². The summed E-state index contributed by atoms with van der Waals surface area (Å²) < 4.78 is 0. The van der Waals surface area contributed by atoms with Crippen molar-refractivity contribution in [2.75, 3.05) is 0 Å². The Morgan fingerprint density at radius 3 is 3.00 bits per heavy atom. The second kappa shape index (κ2) is 3.02. The van der Waals surface area contributed by atoms with E-state index < -0.39 is 0 Å². The molecule has 0 fully saturated rings. The number of aryl methyl sites for hydroxylation is 2. The maximum absolute atomic E-state index is 11.4. The molecule has 0 atom stereocenters. The van der Waals surface area contributed by atoms with E-state index in [1.807, 2.05) is 11.3 Å². The van der Waals surface area contributed by atoms with Gasteiger partial charge >= 0.3 is 0 Å². The summed E-state index contributed by atoms with van der Waals surface area (Å²) in [6.07, 6.45) is 3.99. The normalized spacial score (nSPS) is 16.2. The minimum atomic E-state index is 0.354. The van der Waals surface area contributed by atoms with Crippen LogP contribution in [0, 0.1) is 0 Å². The van der Waals surface area contributed by atoms with Crippen molar-refractivity contribution >= 4 is 17.1 Å². The highest BCUT2D eigenvalue weighted by Crippen LogP contribution is 2.29. The van der Waals surface area contributed by atoms with Crippen molar-refractivity contribution in [2.24, 2.45) is 0 Å². The minimum absolute atomic E-state index is 0.354.